The van der Waals surface area contributed by atoms with E-state index in [4.69, 9.17) is 4.74 Å². The second kappa shape index (κ2) is 10.1. The molecule has 184 valence electrons. The Morgan fingerprint density at radius 2 is 1.43 bits per heavy atom. The van der Waals surface area contributed by atoms with Crippen LogP contribution in [0.5, 0.6) is 0 Å². The molecule has 6 rings (SSSR count). The van der Waals surface area contributed by atoms with Crippen LogP contribution in [0.1, 0.15) is 82.6 Å². The van der Waals surface area contributed by atoms with E-state index < -0.39 is 7.05 Å². The summed E-state index contributed by atoms with van der Waals surface area (Å²) in [6, 6.07) is 25.1. The van der Waals surface area contributed by atoms with Gasteiger partial charge in [0.15, 0.2) is 0 Å². The normalized spacial score (nSPS) is 27.2. The molecule has 3 fully saturated rings. The summed E-state index contributed by atoms with van der Waals surface area (Å²) in [4.78, 5) is 1.08. The number of fused-ring (bicyclic) bond motifs is 1. The van der Waals surface area contributed by atoms with Crippen LogP contribution in [-0.2, 0) is 5.16 Å². The van der Waals surface area contributed by atoms with E-state index in [0.717, 1.165) is 16.5 Å². The van der Waals surface area contributed by atoms with Crippen molar-refractivity contribution in [2.75, 3.05) is 6.16 Å². The molecule has 2 aliphatic carbocycles. The molecule has 2 unspecified atom stereocenters. The van der Waals surface area contributed by atoms with E-state index in [-0.39, 0.29) is 5.16 Å². The fraction of sp³-hybridized carbons (Fsp3) is 0.500. The van der Waals surface area contributed by atoms with E-state index in [1.54, 1.807) is 5.56 Å². The van der Waals surface area contributed by atoms with Crippen LogP contribution >= 0.6 is 19.7 Å². The smallest absolute Gasteiger partial charge is 0.0692 e. The molecule has 3 heteroatoms. The molecule has 1 aliphatic heterocycles. The first-order valence-electron chi connectivity index (χ1n) is 14.1. The average molecular weight is 502 g/mol. The molecule has 35 heavy (non-hydrogen) atoms. The minimum absolute atomic E-state index is 0.238. The number of thiol groups is 1. The molecule has 2 saturated carbocycles. The first-order chi connectivity index (χ1) is 17.2. The Hall–Kier alpha value is -1.50. The van der Waals surface area contributed by atoms with Crippen molar-refractivity contribution in [1.29, 1.82) is 0 Å². The van der Waals surface area contributed by atoms with E-state index >= 15 is 0 Å². The van der Waals surface area contributed by atoms with Crippen LogP contribution in [0.2, 0.25) is 0 Å². The van der Waals surface area contributed by atoms with Crippen molar-refractivity contribution in [2.45, 2.75) is 92.8 Å². The largest absolute Gasteiger partial charge is 0.266 e. The maximum Gasteiger partial charge on any atom is 0.0692 e. The molecule has 0 spiro atoms. The van der Waals surface area contributed by atoms with Gasteiger partial charge in [-0.1, -0.05) is 87.1 Å². The summed E-state index contributed by atoms with van der Waals surface area (Å²) in [6.45, 7) is 0. The highest BCUT2D eigenvalue weighted by atomic mass is 32.1. The Kier molecular flexibility index (Phi) is 6.89. The van der Waals surface area contributed by atoms with Gasteiger partial charge < -0.3 is 0 Å². The minimum Gasteiger partial charge on any atom is -0.266 e. The zero-order valence-electron chi connectivity index (χ0n) is 21.0. The number of rotatable bonds is 4. The molecule has 3 aromatic carbocycles. The van der Waals surface area contributed by atoms with E-state index in [9.17, 15) is 0 Å². The van der Waals surface area contributed by atoms with E-state index in [1.165, 1.54) is 99.7 Å². The molecule has 1 saturated heterocycles. The highest BCUT2D eigenvalue weighted by Gasteiger charge is 2.54. The molecule has 0 amide bonds. The predicted molar refractivity (Wildman–Crippen MR) is 156 cm³/mol. The Morgan fingerprint density at radius 3 is 2.23 bits per heavy atom. The van der Waals surface area contributed by atoms with Crippen LogP contribution in [0.4, 0.5) is 5.69 Å². The Balaban J connectivity index is 1.62. The summed E-state index contributed by atoms with van der Waals surface area (Å²) in [7, 11) is -1.70. The molecular weight excluding hydrogens is 461 g/mol. The van der Waals surface area contributed by atoms with Gasteiger partial charge in [0.2, 0.25) is 0 Å². The fourth-order valence-electron chi connectivity index (χ4n) is 8.07. The lowest BCUT2D eigenvalue weighted by Crippen LogP contribution is -2.35. The van der Waals surface area contributed by atoms with Crippen LogP contribution in [-0.4, -0.2) is 11.8 Å². The maximum absolute atomic E-state index is 6.16. The molecule has 0 radical (unpaired) electrons. The van der Waals surface area contributed by atoms with E-state index in [0.29, 0.717) is 0 Å². The highest BCUT2D eigenvalue weighted by molar-refractivity contribution is 7.80. The zero-order chi connectivity index (χ0) is 23.7. The number of nitrogens with zero attached hydrogens (tertiary/aromatic N) is 1. The van der Waals surface area contributed by atoms with Crippen molar-refractivity contribution >= 4 is 36.1 Å². The number of hydrogen-bond donors (Lipinski definition) is 1. The van der Waals surface area contributed by atoms with Crippen molar-refractivity contribution in [3.8, 4) is 0 Å². The third-order valence-electron chi connectivity index (χ3n) is 9.62. The van der Waals surface area contributed by atoms with Gasteiger partial charge >= 0.3 is 0 Å². The lowest BCUT2D eigenvalue weighted by atomic mass is 9.83. The lowest BCUT2D eigenvalue weighted by Gasteiger charge is -2.51. The monoisotopic (exact) mass is 501 g/mol. The first kappa shape index (κ1) is 23.9. The highest BCUT2D eigenvalue weighted by Crippen LogP contribution is 2.79. The van der Waals surface area contributed by atoms with Crippen LogP contribution in [0.25, 0.3) is 10.8 Å². The minimum atomic E-state index is -1.70. The lowest BCUT2D eigenvalue weighted by molar-refractivity contribution is 0.333. The second-order valence-corrected chi connectivity index (χ2v) is 15.7. The predicted octanol–water partition coefficient (Wildman–Crippen LogP) is 10.6. The van der Waals surface area contributed by atoms with Crippen LogP contribution in [0.15, 0.2) is 76.4 Å². The molecule has 0 aromatic heterocycles. The first-order valence-corrected chi connectivity index (χ1v) is 16.5. The van der Waals surface area contributed by atoms with E-state index in [1.807, 2.05) is 0 Å². The standard InChI is InChI=1S/C32H40NPS/c35-28-20-18-27(19-21-28)32(22-7-2-8-23-32)34(24-10-17-31(34)26-12-3-1-4-13-26)33-30-16-9-14-25-11-5-6-15-29(25)30/h5-6,9,11,14-16,18-21,26,31,35H,1-4,7-8,10,12-13,17,22-24H2. The number of hydrogen-bond acceptors (Lipinski definition) is 2. The van der Waals surface area contributed by atoms with E-state index in [2.05, 4.69) is 79.4 Å². The summed E-state index contributed by atoms with van der Waals surface area (Å²) >= 11 is 4.66. The van der Waals surface area contributed by atoms with Crippen molar-refractivity contribution in [3.63, 3.8) is 0 Å². The SMILES string of the molecule is Sc1ccc(C2(P3(=Nc4cccc5ccccc45)CCCC3C3CCCCC3)CCCCC2)cc1. The van der Waals surface area contributed by atoms with Crippen molar-refractivity contribution < 1.29 is 0 Å². The molecule has 0 bridgehead atoms. The molecule has 1 nitrogen and oxygen atoms in total. The third-order valence-corrected chi connectivity index (χ3v) is 15.5. The topological polar surface area (TPSA) is 12.4 Å². The molecule has 3 aliphatic rings. The summed E-state index contributed by atoms with van der Waals surface area (Å²) < 4.78 is 6.16. The van der Waals surface area contributed by atoms with Gasteiger partial charge in [-0.2, -0.15) is 0 Å². The van der Waals surface area contributed by atoms with Crippen molar-refractivity contribution in [1.82, 2.24) is 0 Å². The van der Waals surface area contributed by atoms with Gasteiger partial charge in [-0.3, -0.25) is 4.74 Å². The zero-order valence-corrected chi connectivity index (χ0v) is 22.8. The molecule has 1 heterocycles. The van der Waals surface area contributed by atoms with Gasteiger partial charge in [-0.25, -0.2) is 0 Å². The Bertz CT molecular complexity index is 1210. The Labute approximate surface area is 217 Å². The van der Waals surface area contributed by atoms with Crippen LogP contribution < -0.4 is 0 Å². The summed E-state index contributed by atoms with van der Waals surface area (Å²) in [6.07, 6.45) is 18.0. The van der Waals surface area contributed by atoms with Crippen molar-refractivity contribution in [2.24, 2.45) is 10.7 Å². The average Bonchev–Trinajstić information content (AvgIpc) is 3.35. The summed E-state index contributed by atoms with van der Waals surface area (Å²) in [5.41, 5.74) is 3.65. The van der Waals surface area contributed by atoms with Crippen molar-refractivity contribution in [3.05, 3.63) is 72.3 Å². The quantitative estimate of drug-likeness (QED) is 0.270. The Morgan fingerprint density at radius 1 is 0.714 bits per heavy atom. The van der Waals surface area contributed by atoms with Crippen LogP contribution in [0, 0.1) is 5.92 Å². The molecular formula is C32H40NPS. The van der Waals surface area contributed by atoms with Gasteiger partial charge in [0.25, 0.3) is 0 Å². The molecule has 0 N–H and O–H groups in total. The second-order valence-electron chi connectivity index (χ2n) is 11.4. The third kappa shape index (κ3) is 4.23. The van der Waals surface area contributed by atoms with Gasteiger partial charge in [-0.05, 0) is 92.5 Å². The summed E-state index contributed by atoms with van der Waals surface area (Å²) in [5.74, 6) is 0.876. The van der Waals surface area contributed by atoms with Crippen LogP contribution in [0.3, 0.4) is 0 Å². The molecule has 3 aromatic rings. The van der Waals surface area contributed by atoms with Gasteiger partial charge in [-0.15, -0.1) is 12.6 Å². The van der Waals surface area contributed by atoms with Gasteiger partial charge in [0, 0.05) is 15.4 Å². The summed E-state index contributed by atoms with van der Waals surface area (Å²) in [5, 5.41) is 2.92. The van der Waals surface area contributed by atoms with Gasteiger partial charge in [0.05, 0.1) is 5.69 Å². The number of benzene rings is 3. The fourth-order valence-corrected chi connectivity index (χ4v) is 14.6. The molecule has 2 atom stereocenters. The maximum atomic E-state index is 6.16. The van der Waals surface area contributed by atoms with Gasteiger partial charge in [0.1, 0.15) is 0 Å².